The van der Waals surface area contributed by atoms with E-state index >= 15 is 0 Å². The fourth-order valence-electron chi connectivity index (χ4n) is 1.92. The smallest absolute Gasteiger partial charge is 0.152 e. The van der Waals surface area contributed by atoms with Crippen molar-refractivity contribution in [1.82, 2.24) is 14.8 Å². The molecule has 96 valence electrons. The van der Waals surface area contributed by atoms with Crippen LogP contribution in [0, 0.1) is 13.8 Å². The maximum absolute atomic E-state index is 5.71. The molecule has 0 aromatic carbocycles. The molecule has 2 aromatic heterocycles. The predicted molar refractivity (Wildman–Crippen MR) is 73.8 cm³/mol. The molecule has 0 aliphatic heterocycles. The minimum Gasteiger partial charge on any atom is -0.490 e. The van der Waals surface area contributed by atoms with Gasteiger partial charge in [-0.15, -0.1) is 0 Å². The second kappa shape index (κ2) is 5.52. The van der Waals surface area contributed by atoms with Gasteiger partial charge in [0.15, 0.2) is 5.75 Å². The predicted octanol–water partition coefficient (Wildman–Crippen LogP) is 2.82. The monoisotopic (exact) mass is 309 g/mol. The van der Waals surface area contributed by atoms with Crippen molar-refractivity contribution < 1.29 is 4.74 Å². The van der Waals surface area contributed by atoms with Crippen LogP contribution in [0.2, 0.25) is 0 Å². The summed E-state index contributed by atoms with van der Waals surface area (Å²) in [7, 11) is 1.96. The highest BCUT2D eigenvalue weighted by molar-refractivity contribution is 9.10. The summed E-state index contributed by atoms with van der Waals surface area (Å²) >= 11 is 3.36. The number of rotatable bonds is 4. The fourth-order valence-corrected chi connectivity index (χ4v) is 2.29. The number of ether oxygens (including phenoxy) is 1. The molecule has 0 spiro atoms. The molecule has 0 amide bonds. The largest absolute Gasteiger partial charge is 0.490 e. The van der Waals surface area contributed by atoms with Gasteiger partial charge < -0.3 is 4.74 Å². The molecule has 0 aliphatic carbocycles. The van der Waals surface area contributed by atoms with Crippen molar-refractivity contribution in [3.05, 3.63) is 39.9 Å². The van der Waals surface area contributed by atoms with E-state index in [1.165, 1.54) is 11.3 Å². The Labute approximate surface area is 115 Å². The molecular formula is C13H16BrN3O. The van der Waals surface area contributed by atoms with Gasteiger partial charge in [0.2, 0.25) is 0 Å². The Balaban J connectivity index is 1.99. The topological polar surface area (TPSA) is 39.9 Å². The van der Waals surface area contributed by atoms with Crippen molar-refractivity contribution in [2.75, 3.05) is 6.61 Å². The highest BCUT2D eigenvalue weighted by Crippen LogP contribution is 2.21. The number of hydrogen-bond donors (Lipinski definition) is 0. The van der Waals surface area contributed by atoms with Gasteiger partial charge in [0.25, 0.3) is 0 Å². The lowest BCUT2D eigenvalue weighted by atomic mass is 10.1. The summed E-state index contributed by atoms with van der Waals surface area (Å²) in [4.78, 5) is 4.12. The summed E-state index contributed by atoms with van der Waals surface area (Å²) in [6.07, 6.45) is 2.58. The van der Waals surface area contributed by atoms with Crippen molar-refractivity contribution >= 4 is 15.9 Å². The van der Waals surface area contributed by atoms with E-state index in [1.807, 2.05) is 30.8 Å². The Hall–Kier alpha value is -1.36. The van der Waals surface area contributed by atoms with E-state index in [9.17, 15) is 0 Å². The number of nitrogens with zero attached hydrogens (tertiary/aromatic N) is 3. The third-order valence-corrected chi connectivity index (χ3v) is 3.59. The van der Waals surface area contributed by atoms with Crippen LogP contribution in [0.25, 0.3) is 0 Å². The van der Waals surface area contributed by atoms with Gasteiger partial charge in [-0.25, -0.2) is 4.98 Å². The van der Waals surface area contributed by atoms with Crippen molar-refractivity contribution in [3.8, 4) is 5.75 Å². The van der Waals surface area contributed by atoms with Gasteiger partial charge in [-0.2, -0.15) is 5.10 Å². The first-order valence-electron chi connectivity index (χ1n) is 5.82. The highest BCUT2D eigenvalue weighted by atomic mass is 79.9. The summed E-state index contributed by atoms with van der Waals surface area (Å²) in [5.74, 6) is 0.775. The lowest BCUT2D eigenvalue weighted by molar-refractivity contribution is 0.318. The van der Waals surface area contributed by atoms with Crippen LogP contribution in [-0.4, -0.2) is 21.4 Å². The van der Waals surface area contributed by atoms with Crippen LogP contribution < -0.4 is 4.74 Å². The number of pyridine rings is 1. The molecule has 0 N–H and O–H groups in total. The maximum atomic E-state index is 5.71. The molecule has 0 unspecified atom stereocenters. The number of aryl methyl sites for hydroxylation is 2. The molecule has 0 aliphatic rings. The molecule has 4 nitrogen and oxygen atoms in total. The van der Waals surface area contributed by atoms with E-state index in [2.05, 4.69) is 32.9 Å². The van der Waals surface area contributed by atoms with E-state index in [-0.39, 0.29) is 0 Å². The Morgan fingerprint density at radius 2 is 2.17 bits per heavy atom. The Bertz CT molecular complexity index is 551. The summed E-state index contributed by atoms with van der Waals surface area (Å²) in [5, 5.41) is 4.39. The first kappa shape index (κ1) is 13.1. The zero-order chi connectivity index (χ0) is 13.1. The van der Waals surface area contributed by atoms with Crippen molar-refractivity contribution in [3.63, 3.8) is 0 Å². The molecule has 18 heavy (non-hydrogen) atoms. The van der Waals surface area contributed by atoms with Gasteiger partial charge in [-0.3, -0.25) is 4.68 Å². The molecule has 0 bridgehead atoms. The maximum Gasteiger partial charge on any atom is 0.152 e. The molecule has 2 heterocycles. The third-order valence-electron chi connectivity index (χ3n) is 2.99. The summed E-state index contributed by atoms with van der Waals surface area (Å²) in [6, 6.07) is 3.76. The highest BCUT2D eigenvalue weighted by Gasteiger charge is 2.09. The average Bonchev–Trinajstić information content (AvgIpc) is 2.58. The Morgan fingerprint density at radius 3 is 2.78 bits per heavy atom. The molecule has 0 fully saturated rings. The van der Waals surface area contributed by atoms with Gasteiger partial charge >= 0.3 is 0 Å². The van der Waals surface area contributed by atoms with Gasteiger partial charge in [0.05, 0.1) is 12.3 Å². The standard InChI is InChI=1S/C13H16BrN3O/c1-9-11(10(2)17(3)16-9)6-8-18-12-5-4-7-15-13(12)14/h4-5,7H,6,8H2,1-3H3. The van der Waals surface area contributed by atoms with Crippen LogP contribution in [0.1, 0.15) is 17.0 Å². The van der Waals surface area contributed by atoms with Crippen LogP contribution in [0.5, 0.6) is 5.75 Å². The molecule has 2 rings (SSSR count). The quantitative estimate of drug-likeness (QED) is 0.815. The van der Waals surface area contributed by atoms with Crippen molar-refractivity contribution in [2.45, 2.75) is 20.3 Å². The lowest BCUT2D eigenvalue weighted by Gasteiger charge is -2.07. The fraction of sp³-hybridized carbons (Fsp3) is 0.385. The van der Waals surface area contributed by atoms with Crippen LogP contribution in [-0.2, 0) is 13.5 Å². The molecule has 0 radical (unpaired) electrons. The Morgan fingerprint density at radius 1 is 1.39 bits per heavy atom. The molecule has 5 heteroatoms. The van der Waals surface area contributed by atoms with Crippen LogP contribution >= 0.6 is 15.9 Å². The zero-order valence-corrected chi connectivity index (χ0v) is 12.4. The van der Waals surface area contributed by atoms with Gasteiger partial charge in [-0.05, 0) is 47.5 Å². The molecule has 0 saturated carbocycles. The lowest BCUT2D eigenvalue weighted by Crippen LogP contribution is -2.04. The van der Waals surface area contributed by atoms with E-state index in [0.717, 1.165) is 22.5 Å². The minimum absolute atomic E-state index is 0.623. The average molecular weight is 310 g/mol. The third kappa shape index (κ3) is 2.72. The van der Waals surface area contributed by atoms with Gasteiger partial charge in [-0.1, -0.05) is 0 Å². The summed E-state index contributed by atoms with van der Waals surface area (Å²) in [6.45, 7) is 4.73. The minimum atomic E-state index is 0.623. The molecule has 0 atom stereocenters. The second-order valence-electron chi connectivity index (χ2n) is 4.16. The number of halogens is 1. The SMILES string of the molecule is Cc1nn(C)c(C)c1CCOc1cccnc1Br. The Kier molecular flexibility index (Phi) is 4.01. The van der Waals surface area contributed by atoms with Crippen LogP contribution in [0.4, 0.5) is 0 Å². The number of hydrogen-bond acceptors (Lipinski definition) is 3. The van der Waals surface area contributed by atoms with Crippen LogP contribution in [0.3, 0.4) is 0 Å². The molecule has 2 aromatic rings. The zero-order valence-electron chi connectivity index (χ0n) is 10.8. The molecule has 0 saturated heterocycles. The van der Waals surface area contributed by atoms with E-state index < -0.39 is 0 Å². The van der Waals surface area contributed by atoms with Gasteiger partial charge in [0.1, 0.15) is 4.60 Å². The normalized spacial score (nSPS) is 10.7. The van der Waals surface area contributed by atoms with Crippen molar-refractivity contribution in [2.24, 2.45) is 7.05 Å². The number of aromatic nitrogens is 3. The van der Waals surface area contributed by atoms with Gasteiger partial charge in [0, 0.05) is 25.4 Å². The first-order chi connectivity index (χ1) is 8.59. The second-order valence-corrected chi connectivity index (χ2v) is 4.91. The molecular weight excluding hydrogens is 294 g/mol. The summed E-state index contributed by atoms with van der Waals surface area (Å²) in [5.41, 5.74) is 3.53. The first-order valence-corrected chi connectivity index (χ1v) is 6.61. The van der Waals surface area contributed by atoms with E-state index in [4.69, 9.17) is 4.74 Å². The van der Waals surface area contributed by atoms with E-state index in [1.54, 1.807) is 6.20 Å². The van der Waals surface area contributed by atoms with Crippen LogP contribution in [0.15, 0.2) is 22.9 Å². The van der Waals surface area contributed by atoms with Crippen molar-refractivity contribution in [1.29, 1.82) is 0 Å². The summed E-state index contributed by atoms with van der Waals surface area (Å²) < 4.78 is 8.36. The van der Waals surface area contributed by atoms with E-state index in [0.29, 0.717) is 6.61 Å².